The molecule has 4 rings (SSSR count). The number of sulfonamides is 2. The third-order valence-electron chi connectivity index (χ3n) is 5.20. The Bertz CT molecular complexity index is 1350. The minimum atomic E-state index is -4.08. The van der Waals surface area contributed by atoms with Crippen LogP contribution in [0.25, 0.3) is 0 Å². The Kier molecular flexibility index (Phi) is 7.26. The van der Waals surface area contributed by atoms with Crippen molar-refractivity contribution in [1.82, 2.24) is 14.5 Å². The first-order valence-corrected chi connectivity index (χ1v) is 14.3. The lowest BCUT2D eigenvalue weighted by atomic mass is 10.2. The number of hydrogen-bond donors (Lipinski definition) is 2. The number of anilines is 2. The number of hydrogen-bond acceptors (Lipinski definition) is 8. The highest BCUT2D eigenvalue weighted by Gasteiger charge is 2.26. The van der Waals surface area contributed by atoms with Gasteiger partial charge < -0.3 is 0 Å². The molecule has 13 heteroatoms. The molecule has 1 aliphatic heterocycles. The molecule has 1 fully saturated rings. The van der Waals surface area contributed by atoms with E-state index in [0.717, 1.165) is 25.7 Å². The number of benzene rings is 2. The fraction of sp³-hybridized carbons (Fsp3) is 0.286. The summed E-state index contributed by atoms with van der Waals surface area (Å²) in [5, 5.41) is 9.94. The molecule has 2 N–H and O–H groups in total. The largest absolute Gasteiger partial charge is 0.296 e. The van der Waals surface area contributed by atoms with Gasteiger partial charge in [-0.25, -0.2) is 8.42 Å². The van der Waals surface area contributed by atoms with Crippen LogP contribution in [0.15, 0.2) is 63.8 Å². The number of aromatic nitrogens is 2. The summed E-state index contributed by atoms with van der Waals surface area (Å²) in [5.41, 5.74) is 0.579. The maximum Gasteiger partial charge on any atom is 0.291 e. The number of nitrogens with zero attached hydrogens (tertiary/aromatic N) is 3. The van der Waals surface area contributed by atoms with Crippen molar-refractivity contribution in [3.05, 3.63) is 60.2 Å². The molecule has 0 saturated carbocycles. The van der Waals surface area contributed by atoms with Crippen molar-refractivity contribution in [3.8, 4) is 0 Å². The van der Waals surface area contributed by atoms with E-state index in [1.54, 1.807) is 30.3 Å². The van der Waals surface area contributed by atoms with Gasteiger partial charge in [0.15, 0.2) is 0 Å². The van der Waals surface area contributed by atoms with E-state index < -0.39 is 26.0 Å². The van der Waals surface area contributed by atoms with E-state index >= 15 is 0 Å². The van der Waals surface area contributed by atoms with Crippen molar-refractivity contribution >= 4 is 48.1 Å². The minimum absolute atomic E-state index is 0.0353. The highest BCUT2D eigenvalue weighted by Crippen LogP contribution is 2.25. The summed E-state index contributed by atoms with van der Waals surface area (Å²) in [6, 6.07) is 14.0. The quantitative estimate of drug-likeness (QED) is 0.455. The number of rotatable bonds is 7. The van der Waals surface area contributed by atoms with Crippen LogP contribution in [0.1, 0.15) is 36.0 Å². The van der Waals surface area contributed by atoms with Crippen molar-refractivity contribution in [2.45, 2.75) is 34.9 Å². The number of nitrogens with one attached hydrogen (secondary N) is 2. The van der Waals surface area contributed by atoms with E-state index in [0.29, 0.717) is 30.0 Å². The molecule has 2 aromatic carbocycles. The molecule has 0 radical (unpaired) electrons. The van der Waals surface area contributed by atoms with E-state index in [1.807, 2.05) is 0 Å². The van der Waals surface area contributed by atoms with Crippen molar-refractivity contribution in [2.24, 2.45) is 0 Å². The first-order valence-electron chi connectivity index (χ1n) is 10.6. The van der Waals surface area contributed by atoms with Crippen LogP contribution in [0.3, 0.4) is 0 Å². The number of amides is 1. The average Bonchev–Trinajstić information content (AvgIpc) is 3.12. The molecule has 0 bridgehead atoms. The highest BCUT2D eigenvalue weighted by molar-refractivity contribution is 7.94. The van der Waals surface area contributed by atoms with Crippen molar-refractivity contribution in [1.29, 1.82) is 0 Å². The lowest BCUT2D eigenvalue weighted by Crippen LogP contribution is -2.31. The van der Waals surface area contributed by atoms with Crippen LogP contribution in [-0.4, -0.2) is 50.3 Å². The van der Waals surface area contributed by atoms with Crippen molar-refractivity contribution < 1.29 is 21.6 Å². The molecule has 180 valence electrons. The van der Waals surface area contributed by atoms with Gasteiger partial charge in [-0.15, -0.1) is 10.2 Å². The van der Waals surface area contributed by atoms with Crippen LogP contribution in [-0.2, 0) is 20.0 Å². The fourth-order valence-electron chi connectivity index (χ4n) is 3.45. The normalized spacial score (nSPS) is 15.4. The Morgan fingerprint density at radius 2 is 1.50 bits per heavy atom. The first-order chi connectivity index (χ1) is 16.3. The maximum absolute atomic E-state index is 12.9. The lowest BCUT2D eigenvalue weighted by Gasteiger charge is -2.20. The second kappa shape index (κ2) is 10.2. The van der Waals surface area contributed by atoms with Gasteiger partial charge in [-0.3, -0.25) is 14.8 Å². The lowest BCUT2D eigenvalue weighted by molar-refractivity contribution is 0.102. The summed E-state index contributed by atoms with van der Waals surface area (Å²) in [7, 11) is -7.72. The summed E-state index contributed by atoms with van der Waals surface area (Å²) in [5.74, 6) is -0.435. The molecule has 1 aromatic heterocycles. The first kappa shape index (κ1) is 24.3. The molecule has 1 saturated heterocycles. The third kappa shape index (κ3) is 5.60. The maximum atomic E-state index is 12.9. The molecule has 0 unspecified atom stereocenters. The van der Waals surface area contributed by atoms with E-state index in [9.17, 15) is 21.6 Å². The number of carbonyl (C=O) groups is 1. The Balaban J connectivity index is 1.44. The molecule has 34 heavy (non-hydrogen) atoms. The van der Waals surface area contributed by atoms with Gasteiger partial charge in [0.05, 0.1) is 4.90 Å². The van der Waals surface area contributed by atoms with Gasteiger partial charge in [-0.05, 0) is 49.2 Å². The Labute approximate surface area is 202 Å². The van der Waals surface area contributed by atoms with Gasteiger partial charge in [0.25, 0.3) is 20.3 Å². The second-order valence-corrected chi connectivity index (χ2v) is 12.4. The van der Waals surface area contributed by atoms with Crippen LogP contribution in [0, 0.1) is 0 Å². The minimum Gasteiger partial charge on any atom is -0.296 e. The summed E-state index contributed by atoms with van der Waals surface area (Å²) in [4.78, 5) is 12.3. The molecule has 0 atom stereocenters. The molecular weight excluding hydrogens is 498 g/mol. The third-order valence-corrected chi connectivity index (χ3v) is 9.70. The monoisotopic (exact) mass is 521 g/mol. The summed E-state index contributed by atoms with van der Waals surface area (Å²) < 4.78 is 54.7. The van der Waals surface area contributed by atoms with Gasteiger partial charge in [-0.2, -0.15) is 12.7 Å². The van der Waals surface area contributed by atoms with Gasteiger partial charge in [0.1, 0.15) is 0 Å². The van der Waals surface area contributed by atoms with Crippen molar-refractivity contribution in [2.75, 3.05) is 23.1 Å². The SMILES string of the molecule is O=C(Nc1nnc(S(=O)(=O)Nc2ccc(S(=O)(=O)N3CCCCCC3)cc2)s1)c1ccccc1. The standard InChI is InChI=1S/C21H23N5O5S3/c27-19(16-8-4-3-5-9-16)22-20-23-24-21(32-20)33(28,29)25-17-10-12-18(13-11-17)34(30,31)26-14-6-1-2-7-15-26/h3-5,8-13,25H,1-2,6-7,14-15H2,(H,22,23,27). The Hall–Kier alpha value is -2.87. The topological polar surface area (TPSA) is 138 Å². The van der Waals surface area contributed by atoms with E-state index in [-0.39, 0.29) is 20.1 Å². The summed E-state index contributed by atoms with van der Waals surface area (Å²) in [6.45, 7) is 0.966. The predicted molar refractivity (Wildman–Crippen MR) is 129 cm³/mol. The smallest absolute Gasteiger partial charge is 0.291 e. The van der Waals surface area contributed by atoms with Gasteiger partial charge >= 0.3 is 0 Å². The van der Waals surface area contributed by atoms with Crippen molar-refractivity contribution in [3.63, 3.8) is 0 Å². The van der Waals surface area contributed by atoms with E-state index in [2.05, 4.69) is 20.2 Å². The van der Waals surface area contributed by atoms with Crippen LogP contribution >= 0.6 is 11.3 Å². The molecule has 0 spiro atoms. The Morgan fingerprint density at radius 3 is 2.15 bits per heavy atom. The highest BCUT2D eigenvalue weighted by atomic mass is 32.2. The molecule has 0 aliphatic carbocycles. The molecule has 10 nitrogen and oxygen atoms in total. The van der Waals surface area contributed by atoms with Gasteiger partial charge in [0, 0.05) is 24.3 Å². The van der Waals surface area contributed by atoms with Gasteiger partial charge in [0.2, 0.25) is 15.2 Å². The zero-order chi connectivity index (χ0) is 24.2. The summed E-state index contributed by atoms with van der Waals surface area (Å²) >= 11 is 0.703. The summed E-state index contributed by atoms with van der Waals surface area (Å²) in [6.07, 6.45) is 3.67. The molecule has 1 amide bonds. The Morgan fingerprint density at radius 1 is 0.853 bits per heavy atom. The molecular formula is C21H23N5O5S3. The number of carbonyl (C=O) groups excluding carboxylic acids is 1. The van der Waals surface area contributed by atoms with Gasteiger partial charge in [-0.1, -0.05) is 42.4 Å². The molecule has 1 aliphatic rings. The fourth-order valence-corrected chi connectivity index (χ4v) is 6.92. The van der Waals surface area contributed by atoms with E-state index in [4.69, 9.17) is 0 Å². The van der Waals surface area contributed by atoms with Crippen LogP contribution in [0.5, 0.6) is 0 Å². The molecule has 2 heterocycles. The average molecular weight is 522 g/mol. The van der Waals surface area contributed by atoms with Crippen LogP contribution in [0.2, 0.25) is 0 Å². The van der Waals surface area contributed by atoms with Crippen LogP contribution in [0.4, 0.5) is 10.8 Å². The van der Waals surface area contributed by atoms with E-state index in [1.165, 1.54) is 28.6 Å². The zero-order valence-electron chi connectivity index (χ0n) is 18.0. The second-order valence-electron chi connectivity index (χ2n) is 7.64. The zero-order valence-corrected chi connectivity index (χ0v) is 20.5. The molecule has 3 aromatic rings. The predicted octanol–water partition coefficient (Wildman–Crippen LogP) is 3.16. The van der Waals surface area contributed by atoms with Crippen LogP contribution < -0.4 is 10.0 Å².